The minimum atomic E-state index is 0.208. The topological polar surface area (TPSA) is 155 Å². The van der Waals surface area contributed by atoms with Crippen LogP contribution >= 0.6 is 94.1 Å². The quantitative estimate of drug-likeness (QED) is 0.0530. The smallest absolute Gasteiger partial charge is 0.223 e. The Morgan fingerprint density at radius 2 is 0.484 bits per heavy atom. The Balaban J connectivity index is 4.08. The molecule has 0 heterocycles. The van der Waals surface area contributed by atoms with Crippen molar-refractivity contribution < 1.29 is 58.4 Å². The molecule has 24 heteroatoms. The van der Waals surface area contributed by atoms with E-state index in [1.54, 1.807) is 35.3 Å². The third-order valence-electron chi connectivity index (χ3n) is 14.3. The van der Waals surface area contributed by atoms with Crippen molar-refractivity contribution in [1.29, 1.82) is 0 Å². The lowest BCUT2D eigenvalue weighted by molar-refractivity contribution is -0.132. The van der Waals surface area contributed by atoms with Crippen molar-refractivity contribution in [3.05, 3.63) is 0 Å². The molecule has 0 atom stereocenters. The summed E-state index contributed by atoms with van der Waals surface area (Å²) in [6.07, 6.45) is 18.3. The average Bonchev–Trinajstić information content (AvgIpc) is 3.67. The fourth-order valence-corrected chi connectivity index (χ4v) is 15.4. The first-order valence-corrected chi connectivity index (χ1v) is 45.2. The second-order valence-corrected chi connectivity index (χ2v) is 32.1. The van der Waals surface area contributed by atoms with Crippen LogP contribution in [0.15, 0.2) is 0 Å². The Bertz CT molecular complexity index is 1620. The van der Waals surface area contributed by atoms with Gasteiger partial charge in [-0.15, -0.1) is 0 Å². The molecule has 0 aromatic heterocycles. The van der Waals surface area contributed by atoms with Crippen LogP contribution in [0, 0.1) is 0 Å². The normalized spacial score (nSPS) is 11.6. The van der Waals surface area contributed by atoms with Crippen molar-refractivity contribution in [1.82, 2.24) is 19.6 Å². The number of carbonyl (C=O) groups excluding carboxylic acids is 4. The van der Waals surface area contributed by atoms with Crippen molar-refractivity contribution in [2.75, 3.05) is 250 Å². The van der Waals surface area contributed by atoms with Gasteiger partial charge in [0.25, 0.3) is 0 Å². The molecule has 0 aliphatic rings. The van der Waals surface area contributed by atoms with Gasteiger partial charge in [0.1, 0.15) is 0 Å². The van der Waals surface area contributed by atoms with Gasteiger partial charge in [0, 0.05) is 144 Å². The van der Waals surface area contributed by atoms with E-state index in [0.29, 0.717) is 138 Å². The van der Waals surface area contributed by atoms with E-state index < -0.39 is 0 Å². The number of carbonyl (C=O) groups is 4. The highest BCUT2D eigenvalue weighted by Crippen LogP contribution is 2.16. The molecular weight excluding hydrogens is 1330 g/mol. The van der Waals surface area contributed by atoms with Crippen LogP contribution in [0.25, 0.3) is 0 Å². The SMILES string of the molecule is [2H]CCCCSCCOCCOCCSCCC(=O)N(CCCC)CCCSCCOCCOCCSCCC(=O)N(CCCC)CCCSCCCCSCCC(=O)N(CCCSCCOCCOCCSCCC(=O)N(CCCC)CCCC)CCOCCOCC. The number of ether oxygens (including phenoxy) is 8. The molecule has 0 aliphatic carbocycles. The van der Waals surface area contributed by atoms with Gasteiger partial charge in [0.2, 0.25) is 23.6 Å². The molecule has 552 valence electrons. The van der Waals surface area contributed by atoms with Crippen LogP contribution in [-0.2, 0) is 57.1 Å². The molecule has 0 spiro atoms. The Labute approximate surface area is 605 Å². The van der Waals surface area contributed by atoms with E-state index in [0.717, 1.165) is 234 Å². The number of amides is 4. The van der Waals surface area contributed by atoms with Crippen LogP contribution in [0.3, 0.4) is 0 Å². The van der Waals surface area contributed by atoms with Gasteiger partial charge in [-0.3, -0.25) is 19.2 Å². The highest BCUT2D eigenvalue weighted by Gasteiger charge is 2.17. The molecule has 0 aromatic carbocycles. The molecule has 0 N–H and O–H groups in total. The van der Waals surface area contributed by atoms with E-state index in [1.807, 2.05) is 70.6 Å². The highest BCUT2D eigenvalue weighted by atomic mass is 32.2. The van der Waals surface area contributed by atoms with E-state index in [4.69, 9.17) is 39.3 Å². The summed E-state index contributed by atoms with van der Waals surface area (Å²) in [5, 5.41) is 0. The second-order valence-electron chi connectivity index (χ2n) is 22.3. The maximum absolute atomic E-state index is 13.4. The number of thioether (sulfide) groups is 8. The maximum atomic E-state index is 13.4. The summed E-state index contributed by atoms with van der Waals surface area (Å²) in [5.74, 6) is 16.2. The predicted octanol–water partition coefficient (Wildman–Crippen LogP) is 13.8. The minimum Gasteiger partial charge on any atom is -0.379 e. The zero-order valence-corrected chi connectivity index (χ0v) is 65.9. The van der Waals surface area contributed by atoms with Gasteiger partial charge < -0.3 is 57.5 Å². The summed E-state index contributed by atoms with van der Waals surface area (Å²) < 4.78 is 52.9. The van der Waals surface area contributed by atoms with Gasteiger partial charge in [-0.2, -0.15) is 94.1 Å². The highest BCUT2D eigenvalue weighted by molar-refractivity contribution is 8.00. The molecule has 4 amide bonds. The van der Waals surface area contributed by atoms with Gasteiger partial charge in [0.05, 0.1) is 99.1 Å². The first kappa shape index (κ1) is 91.4. The lowest BCUT2D eigenvalue weighted by atomic mass is 10.2. The molecule has 0 unspecified atom stereocenters. The van der Waals surface area contributed by atoms with Crippen LogP contribution < -0.4 is 0 Å². The van der Waals surface area contributed by atoms with Crippen LogP contribution in [0.2, 0.25) is 0 Å². The Hall–Kier alpha value is 0.360. The molecule has 0 saturated carbocycles. The van der Waals surface area contributed by atoms with Crippen LogP contribution in [0.5, 0.6) is 0 Å². The van der Waals surface area contributed by atoms with Crippen LogP contribution in [-0.4, -0.2) is 293 Å². The predicted molar refractivity (Wildman–Crippen MR) is 413 cm³/mol. The van der Waals surface area contributed by atoms with Gasteiger partial charge in [0.15, 0.2) is 0 Å². The summed E-state index contributed by atoms with van der Waals surface area (Å²) in [7, 11) is 0. The number of hydrogen-bond donors (Lipinski definition) is 0. The van der Waals surface area contributed by atoms with E-state index in [2.05, 4.69) is 42.4 Å². The van der Waals surface area contributed by atoms with E-state index in [1.165, 1.54) is 6.42 Å². The number of unbranched alkanes of at least 4 members (excludes halogenated alkanes) is 6. The lowest BCUT2D eigenvalue weighted by Gasteiger charge is -2.23. The fraction of sp³-hybridized carbons (Fsp3) is 0.942. The average molecular weight is 1470 g/mol. The molecule has 0 aliphatic heterocycles. The second kappa shape index (κ2) is 78.1. The zero-order valence-electron chi connectivity index (χ0n) is 60.4. The van der Waals surface area contributed by atoms with Crippen molar-refractivity contribution >= 4 is 118 Å². The van der Waals surface area contributed by atoms with E-state index in [-0.39, 0.29) is 23.6 Å². The Morgan fingerprint density at radius 3 is 0.785 bits per heavy atom. The molecular formula is C69H136N4O12S8. The monoisotopic (exact) mass is 1470 g/mol. The molecule has 93 heavy (non-hydrogen) atoms. The summed E-state index contributed by atoms with van der Waals surface area (Å²) >= 11 is 14.9. The largest absolute Gasteiger partial charge is 0.379 e. The Morgan fingerprint density at radius 1 is 0.247 bits per heavy atom. The summed E-state index contributed by atoms with van der Waals surface area (Å²) in [4.78, 5) is 60.4. The van der Waals surface area contributed by atoms with Crippen molar-refractivity contribution in [2.24, 2.45) is 0 Å². The van der Waals surface area contributed by atoms with E-state index >= 15 is 0 Å². The fourth-order valence-electron chi connectivity index (χ4n) is 8.82. The third kappa shape index (κ3) is 66.7. The standard InChI is InChI=1S/C69H136N4O12S8/c1-7-13-27-70(28-14-8-2)66(74)24-57-91-63-47-84-43-40-82-46-62-90-55-22-33-73(34-35-79-37-36-78-12-6)69(77)23-56-87-52-19-18-51-86-53-20-31-71(29-15-9-3)67(75)25-58-92-65-49-85-42-39-81-45-61-89-54-21-32-72(30-16-10-4)68(76)26-59-93-64-48-83-41-38-80-44-60-88-50-17-11-5/h7-65H2,1-6H3/i5D. The number of nitrogens with zero attached hydrogens (tertiary/aromatic N) is 4. The molecule has 0 bridgehead atoms. The van der Waals surface area contributed by atoms with Gasteiger partial charge >= 0.3 is 0 Å². The molecule has 0 fully saturated rings. The summed E-state index contributed by atoms with van der Waals surface area (Å²) in [6, 6.07) is 0. The van der Waals surface area contributed by atoms with Crippen LogP contribution in [0.4, 0.5) is 0 Å². The zero-order chi connectivity index (χ0) is 68.4. The van der Waals surface area contributed by atoms with E-state index in [9.17, 15) is 19.2 Å². The van der Waals surface area contributed by atoms with Crippen LogP contribution in [0.1, 0.15) is 165 Å². The maximum Gasteiger partial charge on any atom is 0.223 e. The summed E-state index contributed by atoms with van der Waals surface area (Å²) in [5.41, 5.74) is 0. The van der Waals surface area contributed by atoms with Crippen molar-refractivity contribution in [3.8, 4) is 0 Å². The third-order valence-corrected chi connectivity index (χ3v) is 22.5. The summed E-state index contributed by atoms with van der Waals surface area (Å²) in [6.45, 7) is 27.6. The van der Waals surface area contributed by atoms with Gasteiger partial charge in [-0.1, -0.05) is 66.7 Å². The number of hydrogen-bond acceptors (Lipinski definition) is 20. The molecule has 0 saturated heterocycles. The molecule has 0 rings (SSSR count). The molecule has 0 aromatic rings. The molecule has 16 nitrogen and oxygen atoms in total. The van der Waals surface area contributed by atoms with Gasteiger partial charge in [-0.25, -0.2) is 0 Å². The first-order chi connectivity index (χ1) is 46.3. The first-order valence-electron chi connectivity index (χ1n) is 36.6. The van der Waals surface area contributed by atoms with Crippen molar-refractivity contribution in [2.45, 2.75) is 164 Å². The van der Waals surface area contributed by atoms with Gasteiger partial charge in [-0.05, 0) is 106 Å². The molecule has 0 radical (unpaired) electrons. The minimum absolute atomic E-state index is 0.208. The Kier molecular flexibility index (Phi) is 76.7. The lowest BCUT2D eigenvalue weighted by Crippen LogP contribution is -2.35. The van der Waals surface area contributed by atoms with Crippen molar-refractivity contribution in [3.63, 3.8) is 0 Å². The number of rotatable bonds is 78.